The van der Waals surface area contributed by atoms with Gasteiger partial charge in [-0.25, -0.2) is 0 Å². The lowest BCUT2D eigenvalue weighted by molar-refractivity contribution is 1.17. The van der Waals surface area contributed by atoms with Crippen molar-refractivity contribution in [2.24, 2.45) is 0 Å². The SMILES string of the molecule is c1ccc(-c2ccc(-n3c4ccccc4c4cc(-c5ccc(-n6c7ccccc7c7ccccc76)cc5)cc(-c5ccc(-n6c7ccccc7c7ccccc76)cc5)c43)cc2)cc1. The van der Waals surface area contributed by atoms with Crippen molar-refractivity contribution < 1.29 is 0 Å². The minimum absolute atomic E-state index is 1.13. The van der Waals surface area contributed by atoms with Crippen molar-refractivity contribution in [1.82, 2.24) is 13.7 Å². The Morgan fingerprint density at radius 1 is 0.206 bits per heavy atom. The van der Waals surface area contributed by atoms with Crippen LogP contribution in [-0.4, -0.2) is 13.7 Å². The van der Waals surface area contributed by atoms with E-state index in [1.807, 2.05) is 0 Å². The molecule has 0 spiro atoms. The molecule has 0 unspecified atom stereocenters. The highest BCUT2D eigenvalue weighted by atomic mass is 15.0. The zero-order chi connectivity index (χ0) is 41.4. The monoisotopic (exact) mass is 801 g/mol. The highest BCUT2D eigenvalue weighted by molar-refractivity contribution is 6.16. The number of rotatable bonds is 6. The van der Waals surface area contributed by atoms with Crippen LogP contribution in [0.5, 0.6) is 0 Å². The summed E-state index contributed by atoms with van der Waals surface area (Å²) < 4.78 is 7.24. The zero-order valence-electron chi connectivity index (χ0n) is 34.4. The first kappa shape index (κ1) is 35.4. The van der Waals surface area contributed by atoms with E-state index in [9.17, 15) is 0 Å². The van der Waals surface area contributed by atoms with Gasteiger partial charge in [-0.1, -0.05) is 158 Å². The molecule has 3 heteroatoms. The molecule has 0 aliphatic rings. The maximum Gasteiger partial charge on any atom is 0.0619 e. The number of nitrogens with zero attached hydrogens (tertiary/aromatic N) is 3. The second kappa shape index (κ2) is 14.1. The predicted molar refractivity (Wildman–Crippen MR) is 266 cm³/mol. The molecular weight excluding hydrogens is 763 g/mol. The van der Waals surface area contributed by atoms with E-state index in [4.69, 9.17) is 0 Å². The van der Waals surface area contributed by atoms with Crippen LogP contribution in [0.1, 0.15) is 0 Å². The van der Waals surface area contributed by atoms with Crippen molar-refractivity contribution in [3.05, 3.63) is 237 Å². The molecule has 0 saturated carbocycles. The molecule has 0 fully saturated rings. The molecule has 3 heterocycles. The summed E-state index contributed by atoms with van der Waals surface area (Å²) in [4.78, 5) is 0. The average Bonchev–Trinajstić information content (AvgIpc) is 4.00. The summed E-state index contributed by atoms with van der Waals surface area (Å²) in [6, 6.07) is 86.5. The molecule has 0 atom stereocenters. The van der Waals surface area contributed by atoms with Crippen LogP contribution in [-0.2, 0) is 0 Å². The first-order valence-electron chi connectivity index (χ1n) is 21.7. The molecular formula is C60H39N3. The van der Waals surface area contributed by atoms with E-state index in [-0.39, 0.29) is 0 Å². The van der Waals surface area contributed by atoms with Gasteiger partial charge in [-0.3, -0.25) is 0 Å². The molecule has 0 bridgehead atoms. The molecule has 63 heavy (non-hydrogen) atoms. The summed E-state index contributed by atoms with van der Waals surface area (Å²) in [7, 11) is 0. The summed E-state index contributed by atoms with van der Waals surface area (Å²) in [5.74, 6) is 0. The molecule has 0 aliphatic carbocycles. The van der Waals surface area contributed by atoms with Gasteiger partial charge in [-0.2, -0.15) is 0 Å². The van der Waals surface area contributed by atoms with Gasteiger partial charge < -0.3 is 13.7 Å². The Morgan fingerprint density at radius 3 is 0.968 bits per heavy atom. The van der Waals surface area contributed by atoms with E-state index in [0.29, 0.717) is 0 Å². The van der Waals surface area contributed by atoms with Gasteiger partial charge in [0.1, 0.15) is 0 Å². The number of para-hydroxylation sites is 5. The summed E-state index contributed by atoms with van der Waals surface area (Å²) in [6.45, 7) is 0. The second-order valence-electron chi connectivity index (χ2n) is 16.5. The summed E-state index contributed by atoms with van der Waals surface area (Å²) >= 11 is 0. The van der Waals surface area contributed by atoms with Crippen molar-refractivity contribution in [3.8, 4) is 50.4 Å². The highest BCUT2D eigenvalue weighted by Crippen LogP contribution is 2.43. The Balaban J connectivity index is 1.01. The molecule has 294 valence electrons. The predicted octanol–water partition coefficient (Wildman–Crippen LogP) is 16.0. The fourth-order valence-corrected chi connectivity index (χ4v) is 10.2. The first-order valence-corrected chi connectivity index (χ1v) is 21.7. The van der Waals surface area contributed by atoms with E-state index < -0.39 is 0 Å². The topological polar surface area (TPSA) is 14.8 Å². The van der Waals surface area contributed by atoms with Crippen molar-refractivity contribution in [1.29, 1.82) is 0 Å². The van der Waals surface area contributed by atoms with E-state index in [1.54, 1.807) is 0 Å². The Hall–Kier alpha value is -8.40. The van der Waals surface area contributed by atoms with E-state index in [0.717, 1.165) is 17.1 Å². The Morgan fingerprint density at radius 2 is 0.524 bits per heavy atom. The lowest BCUT2D eigenvalue weighted by Crippen LogP contribution is -1.97. The normalized spacial score (nSPS) is 11.8. The lowest BCUT2D eigenvalue weighted by Gasteiger charge is -2.15. The van der Waals surface area contributed by atoms with Gasteiger partial charge in [0.15, 0.2) is 0 Å². The Kier molecular flexibility index (Phi) is 7.91. The minimum atomic E-state index is 1.13. The third-order valence-corrected chi connectivity index (χ3v) is 13.1. The third-order valence-electron chi connectivity index (χ3n) is 13.1. The molecule has 0 amide bonds. The quantitative estimate of drug-likeness (QED) is 0.159. The van der Waals surface area contributed by atoms with E-state index in [2.05, 4.69) is 250 Å². The summed E-state index contributed by atoms with van der Waals surface area (Å²) in [6.07, 6.45) is 0. The standard InChI is InChI=1S/C60H39N3/c1-2-14-40(15-3-1)41-26-34-47(35-27-41)63-59-25-13-8-20-52(59)54-39-44(42-28-32-45(33-29-42)61-55-21-9-4-16-48(55)49-17-5-10-22-56(49)61)38-53(60(54)63)43-30-36-46(37-31-43)62-57-23-11-6-18-50(57)51-19-7-12-24-58(51)62/h1-39H. The van der Waals surface area contributed by atoms with Crippen LogP contribution in [0.4, 0.5) is 0 Å². The van der Waals surface area contributed by atoms with Gasteiger partial charge in [0, 0.05) is 54.9 Å². The van der Waals surface area contributed by atoms with Crippen LogP contribution >= 0.6 is 0 Å². The first-order chi connectivity index (χ1) is 31.3. The van der Waals surface area contributed by atoms with Crippen LogP contribution in [0, 0.1) is 0 Å². The molecule has 0 aliphatic heterocycles. The lowest BCUT2D eigenvalue weighted by atomic mass is 9.95. The van der Waals surface area contributed by atoms with Gasteiger partial charge in [0.05, 0.1) is 33.1 Å². The summed E-state index contributed by atoms with van der Waals surface area (Å²) in [5.41, 5.74) is 17.8. The maximum atomic E-state index is 2.46. The summed E-state index contributed by atoms with van der Waals surface area (Å²) in [5, 5.41) is 7.51. The van der Waals surface area contributed by atoms with E-state index >= 15 is 0 Å². The van der Waals surface area contributed by atoms with Crippen LogP contribution in [0.15, 0.2) is 237 Å². The number of hydrogen-bond donors (Lipinski definition) is 0. The number of hydrogen-bond acceptors (Lipinski definition) is 0. The van der Waals surface area contributed by atoms with Gasteiger partial charge in [-0.15, -0.1) is 0 Å². The number of benzene rings is 10. The van der Waals surface area contributed by atoms with Crippen molar-refractivity contribution >= 4 is 65.4 Å². The van der Waals surface area contributed by atoms with Crippen molar-refractivity contribution in [2.75, 3.05) is 0 Å². The fourth-order valence-electron chi connectivity index (χ4n) is 10.2. The number of aromatic nitrogens is 3. The molecule has 3 aromatic heterocycles. The second-order valence-corrected chi connectivity index (χ2v) is 16.5. The fraction of sp³-hybridized carbons (Fsp3) is 0. The number of fused-ring (bicyclic) bond motifs is 9. The van der Waals surface area contributed by atoms with Gasteiger partial charge in [0.2, 0.25) is 0 Å². The Labute approximate surface area is 364 Å². The molecule has 13 aromatic rings. The van der Waals surface area contributed by atoms with Crippen LogP contribution in [0.3, 0.4) is 0 Å². The molecule has 0 saturated heterocycles. The highest BCUT2D eigenvalue weighted by Gasteiger charge is 2.20. The Bertz CT molecular complexity index is 3760. The largest absolute Gasteiger partial charge is 0.309 e. The minimum Gasteiger partial charge on any atom is -0.309 e. The van der Waals surface area contributed by atoms with Crippen molar-refractivity contribution in [2.45, 2.75) is 0 Å². The average molecular weight is 802 g/mol. The maximum absolute atomic E-state index is 2.46. The molecule has 3 nitrogen and oxygen atoms in total. The van der Waals surface area contributed by atoms with E-state index in [1.165, 1.54) is 98.8 Å². The van der Waals surface area contributed by atoms with Crippen LogP contribution in [0.25, 0.3) is 116 Å². The zero-order valence-corrected chi connectivity index (χ0v) is 34.4. The van der Waals surface area contributed by atoms with Gasteiger partial charge in [-0.05, 0) is 107 Å². The van der Waals surface area contributed by atoms with Crippen molar-refractivity contribution in [3.63, 3.8) is 0 Å². The van der Waals surface area contributed by atoms with Gasteiger partial charge in [0.25, 0.3) is 0 Å². The molecule has 0 radical (unpaired) electrons. The van der Waals surface area contributed by atoms with Gasteiger partial charge >= 0.3 is 0 Å². The molecule has 13 rings (SSSR count). The molecule has 0 N–H and O–H groups in total. The molecule has 10 aromatic carbocycles. The smallest absolute Gasteiger partial charge is 0.0619 e. The van der Waals surface area contributed by atoms with Crippen LogP contribution < -0.4 is 0 Å². The third kappa shape index (κ3) is 5.53. The van der Waals surface area contributed by atoms with Crippen LogP contribution in [0.2, 0.25) is 0 Å².